The Bertz CT molecular complexity index is 737. The fourth-order valence-electron chi connectivity index (χ4n) is 5.87. The van der Waals surface area contributed by atoms with Gasteiger partial charge in [0.1, 0.15) is 0 Å². The van der Waals surface area contributed by atoms with Crippen LogP contribution in [0.1, 0.15) is 50.3 Å². The van der Waals surface area contributed by atoms with Gasteiger partial charge in [-0.1, -0.05) is 6.42 Å². The topological polar surface area (TPSA) is 96.5 Å². The van der Waals surface area contributed by atoms with Crippen molar-refractivity contribution in [2.75, 3.05) is 13.1 Å². The summed E-state index contributed by atoms with van der Waals surface area (Å²) in [5.41, 5.74) is -1.19. The number of aryl methyl sites for hydroxylation is 1. The smallest absolute Gasteiger partial charge is 0.309 e. The van der Waals surface area contributed by atoms with Crippen LogP contribution in [0.2, 0.25) is 0 Å². The highest BCUT2D eigenvalue weighted by molar-refractivity contribution is 5.93. The Morgan fingerprint density at radius 2 is 2.00 bits per heavy atom. The van der Waals surface area contributed by atoms with Gasteiger partial charge in [-0.25, -0.2) is 0 Å². The number of carboxylic acids is 1. The van der Waals surface area contributed by atoms with Gasteiger partial charge in [-0.2, -0.15) is 0 Å². The first-order valence-electron chi connectivity index (χ1n) is 8.73. The van der Waals surface area contributed by atoms with E-state index in [2.05, 4.69) is 10.2 Å². The molecule has 1 amide bonds. The second-order valence-electron chi connectivity index (χ2n) is 8.45. The lowest BCUT2D eigenvalue weighted by atomic mass is 9.34. The second-order valence-corrected chi connectivity index (χ2v) is 8.45. The number of carboxylic acid groups (broad SMARTS) is 1. The highest BCUT2D eigenvalue weighted by atomic mass is 16.4. The highest BCUT2D eigenvalue weighted by Crippen LogP contribution is 2.74. The number of carbonyl (C=O) groups is 2. The summed E-state index contributed by atoms with van der Waals surface area (Å²) in [7, 11) is 0. The maximum Gasteiger partial charge on any atom is 0.309 e. The van der Waals surface area contributed by atoms with Crippen LogP contribution in [-0.2, 0) is 15.0 Å². The van der Waals surface area contributed by atoms with Gasteiger partial charge in [-0.15, -0.1) is 10.2 Å². The first-order chi connectivity index (χ1) is 11.4. The Labute approximate surface area is 139 Å². The zero-order chi connectivity index (χ0) is 16.7. The van der Waals surface area contributed by atoms with E-state index in [4.69, 9.17) is 4.42 Å². The SMILES string of the molecule is Cc1nnc([C@]23CCC[C@H]2CN(C(=O)C24CC(C(=O)O)(C2)C4)C3)o1. The molecule has 4 aliphatic carbocycles. The minimum atomic E-state index is -0.742. The van der Waals surface area contributed by atoms with Crippen LogP contribution in [0.4, 0.5) is 0 Å². The summed E-state index contributed by atoms with van der Waals surface area (Å²) in [4.78, 5) is 26.3. The molecule has 2 bridgehead atoms. The largest absolute Gasteiger partial charge is 0.481 e. The molecule has 1 saturated heterocycles. The lowest BCUT2D eigenvalue weighted by Gasteiger charge is -2.67. The maximum absolute atomic E-state index is 13.0. The van der Waals surface area contributed by atoms with E-state index in [1.54, 1.807) is 6.92 Å². The molecule has 5 aliphatic rings. The molecule has 0 aromatic carbocycles. The number of hydrogen-bond donors (Lipinski definition) is 1. The van der Waals surface area contributed by atoms with Crippen molar-refractivity contribution in [3.63, 3.8) is 0 Å². The predicted molar refractivity (Wildman–Crippen MR) is 81.0 cm³/mol. The average molecular weight is 331 g/mol. The van der Waals surface area contributed by atoms with Gasteiger partial charge in [0.05, 0.1) is 16.2 Å². The van der Waals surface area contributed by atoms with Gasteiger partial charge in [0.15, 0.2) is 0 Å². The Balaban J connectivity index is 1.37. The van der Waals surface area contributed by atoms with E-state index in [-0.39, 0.29) is 11.3 Å². The fourth-order valence-corrected chi connectivity index (χ4v) is 5.87. The number of hydrogen-bond acceptors (Lipinski definition) is 5. The lowest BCUT2D eigenvalue weighted by molar-refractivity contribution is -0.225. The van der Waals surface area contributed by atoms with Crippen LogP contribution in [0.3, 0.4) is 0 Å². The molecule has 1 aliphatic heterocycles. The van der Waals surface area contributed by atoms with Crippen LogP contribution in [-0.4, -0.2) is 45.2 Å². The zero-order valence-electron chi connectivity index (χ0n) is 13.7. The monoisotopic (exact) mass is 331 g/mol. The van der Waals surface area contributed by atoms with Crippen LogP contribution < -0.4 is 0 Å². The molecule has 24 heavy (non-hydrogen) atoms. The zero-order valence-corrected chi connectivity index (χ0v) is 13.7. The van der Waals surface area contributed by atoms with Crippen molar-refractivity contribution < 1.29 is 19.1 Å². The molecule has 5 fully saturated rings. The van der Waals surface area contributed by atoms with Crippen molar-refractivity contribution in [3.8, 4) is 0 Å². The Hall–Kier alpha value is -1.92. The Morgan fingerprint density at radius 3 is 2.62 bits per heavy atom. The van der Waals surface area contributed by atoms with Crippen molar-refractivity contribution in [2.45, 2.75) is 50.9 Å². The van der Waals surface area contributed by atoms with Gasteiger partial charge in [0.25, 0.3) is 0 Å². The molecule has 1 aromatic heterocycles. The van der Waals surface area contributed by atoms with E-state index < -0.39 is 16.8 Å². The summed E-state index contributed by atoms with van der Waals surface area (Å²) in [5.74, 6) is 1.03. The second kappa shape index (κ2) is 4.18. The first-order valence-corrected chi connectivity index (χ1v) is 8.73. The van der Waals surface area contributed by atoms with Gasteiger partial charge in [-0.3, -0.25) is 9.59 Å². The summed E-state index contributed by atoms with van der Waals surface area (Å²) in [6.45, 7) is 3.17. The predicted octanol–water partition coefficient (Wildman–Crippen LogP) is 1.51. The van der Waals surface area contributed by atoms with Crippen molar-refractivity contribution in [1.29, 1.82) is 0 Å². The molecule has 2 atom stereocenters. The van der Waals surface area contributed by atoms with E-state index in [1.165, 1.54) is 0 Å². The molecule has 128 valence electrons. The average Bonchev–Trinajstić information content (AvgIpc) is 3.07. The molecule has 7 heteroatoms. The van der Waals surface area contributed by atoms with Gasteiger partial charge in [0, 0.05) is 20.0 Å². The number of rotatable bonds is 3. The molecular formula is C17H21N3O4. The van der Waals surface area contributed by atoms with Gasteiger partial charge in [-0.05, 0) is 38.0 Å². The van der Waals surface area contributed by atoms with Crippen molar-refractivity contribution in [2.24, 2.45) is 16.7 Å². The molecule has 1 aromatic rings. The van der Waals surface area contributed by atoms with E-state index >= 15 is 0 Å². The summed E-state index contributed by atoms with van der Waals surface area (Å²) in [6.07, 6.45) is 4.74. The summed E-state index contributed by atoms with van der Waals surface area (Å²) < 4.78 is 5.75. The number of nitrogens with zero attached hydrogens (tertiary/aromatic N) is 3. The number of aliphatic carboxylic acids is 1. The minimum absolute atomic E-state index is 0.149. The van der Waals surface area contributed by atoms with Crippen molar-refractivity contribution in [1.82, 2.24) is 15.1 Å². The molecule has 0 unspecified atom stereocenters. The van der Waals surface area contributed by atoms with Crippen LogP contribution in [0.25, 0.3) is 0 Å². The summed E-state index contributed by atoms with van der Waals surface area (Å²) >= 11 is 0. The quantitative estimate of drug-likeness (QED) is 0.902. The van der Waals surface area contributed by atoms with Crippen LogP contribution in [0.15, 0.2) is 4.42 Å². The van der Waals surface area contributed by atoms with Gasteiger partial charge in [0.2, 0.25) is 17.7 Å². The molecule has 0 radical (unpaired) electrons. The summed E-state index contributed by atoms with van der Waals surface area (Å²) in [5, 5.41) is 17.5. The number of carbonyl (C=O) groups excluding carboxylic acids is 1. The Kier molecular flexibility index (Phi) is 2.51. The Morgan fingerprint density at radius 1 is 1.25 bits per heavy atom. The molecule has 0 spiro atoms. The number of aromatic nitrogens is 2. The number of likely N-dealkylation sites (tertiary alicyclic amines) is 1. The molecular weight excluding hydrogens is 310 g/mol. The molecule has 6 rings (SSSR count). The third-order valence-corrected chi connectivity index (χ3v) is 7.05. The number of amides is 1. The van der Waals surface area contributed by atoms with E-state index in [9.17, 15) is 14.7 Å². The van der Waals surface area contributed by atoms with Crippen molar-refractivity contribution >= 4 is 11.9 Å². The van der Waals surface area contributed by atoms with Crippen LogP contribution in [0, 0.1) is 23.7 Å². The molecule has 4 saturated carbocycles. The van der Waals surface area contributed by atoms with E-state index in [0.717, 1.165) is 25.8 Å². The normalized spacial score (nSPS) is 42.4. The third kappa shape index (κ3) is 1.53. The number of fused-ring (bicyclic) bond motifs is 1. The fraction of sp³-hybridized carbons (Fsp3) is 0.765. The standard InChI is InChI=1S/C17H21N3O4/c1-10-18-19-12(24-10)17-4-2-3-11(17)5-20(9-17)13(21)15-6-16(7-15,8-15)14(22)23/h11H,2-9H2,1H3,(H,22,23)/t11-,15?,16?,17-/m0/s1. The molecule has 1 N–H and O–H groups in total. The minimum Gasteiger partial charge on any atom is -0.481 e. The highest BCUT2D eigenvalue weighted by Gasteiger charge is 2.76. The lowest BCUT2D eigenvalue weighted by Crippen LogP contribution is -2.70. The maximum atomic E-state index is 13.0. The molecule has 2 heterocycles. The van der Waals surface area contributed by atoms with Gasteiger partial charge < -0.3 is 14.4 Å². The molecule has 7 nitrogen and oxygen atoms in total. The first kappa shape index (κ1) is 14.4. The van der Waals surface area contributed by atoms with Gasteiger partial charge >= 0.3 is 5.97 Å². The van der Waals surface area contributed by atoms with Crippen molar-refractivity contribution in [3.05, 3.63) is 11.8 Å². The van der Waals surface area contributed by atoms with Crippen LogP contribution >= 0.6 is 0 Å². The summed E-state index contributed by atoms with van der Waals surface area (Å²) in [6, 6.07) is 0. The van der Waals surface area contributed by atoms with E-state index in [0.29, 0.717) is 43.5 Å². The third-order valence-electron chi connectivity index (χ3n) is 7.05. The van der Waals surface area contributed by atoms with E-state index in [1.807, 2.05) is 4.90 Å². The van der Waals surface area contributed by atoms with Crippen LogP contribution in [0.5, 0.6) is 0 Å².